The van der Waals surface area contributed by atoms with E-state index in [1.54, 1.807) is 0 Å². The van der Waals surface area contributed by atoms with E-state index in [0.29, 0.717) is 21.9 Å². The molecule has 0 aromatic heterocycles. The minimum atomic E-state index is -0.422. The Kier molecular flexibility index (Phi) is 6.52. The molecule has 0 bridgehead atoms. The van der Waals surface area contributed by atoms with Crippen molar-refractivity contribution in [2.75, 3.05) is 0 Å². The predicted octanol–water partition coefficient (Wildman–Crippen LogP) is 6.67. The first-order chi connectivity index (χ1) is 12.4. The molecule has 1 aromatic carbocycles. The van der Waals surface area contributed by atoms with Crippen molar-refractivity contribution in [2.24, 2.45) is 21.8 Å². The number of allylic oxidation sites excluding steroid dienone is 1. The third-order valence-corrected chi connectivity index (χ3v) is 7.29. The first-order valence-corrected chi connectivity index (χ1v) is 11.3. The molecule has 26 heavy (non-hydrogen) atoms. The lowest BCUT2D eigenvalue weighted by atomic mass is 9.69. The summed E-state index contributed by atoms with van der Waals surface area (Å²) < 4.78 is 0.782. The van der Waals surface area contributed by atoms with Gasteiger partial charge in [-0.1, -0.05) is 74.9 Å². The lowest BCUT2D eigenvalue weighted by molar-refractivity contribution is 0.216. The van der Waals surface area contributed by atoms with Crippen LogP contribution >= 0.6 is 39.1 Å². The maximum absolute atomic E-state index is 6.50. The van der Waals surface area contributed by atoms with Gasteiger partial charge in [0.05, 0.1) is 10.0 Å². The SMILES string of the molecule is C=C1C(CCCC)CC2(CC1CCCC)N=c1c(Cl)cc(Br)c(Cl)c1=N2. The number of fused-ring (bicyclic) bond motifs is 1. The molecule has 1 spiro atoms. The van der Waals surface area contributed by atoms with E-state index in [2.05, 4.69) is 36.4 Å². The van der Waals surface area contributed by atoms with E-state index in [4.69, 9.17) is 33.2 Å². The van der Waals surface area contributed by atoms with Crippen LogP contribution < -0.4 is 10.7 Å². The standard InChI is InChI=1S/C21H27BrCl2N2/c1-4-6-8-14-11-21(12-15(13(14)3)9-7-5-2)25-19-17(23)10-16(22)18(24)20(19)26-21/h10,14-15H,3-9,11-12H2,1-2H3. The van der Waals surface area contributed by atoms with Gasteiger partial charge in [-0.3, -0.25) is 9.98 Å². The van der Waals surface area contributed by atoms with Gasteiger partial charge < -0.3 is 0 Å². The molecule has 1 fully saturated rings. The maximum Gasteiger partial charge on any atom is 0.152 e. The number of halogens is 3. The van der Waals surface area contributed by atoms with E-state index in [1.807, 2.05) is 6.07 Å². The van der Waals surface area contributed by atoms with Gasteiger partial charge in [-0.05, 0) is 59.5 Å². The van der Waals surface area contributed by atoms with Crippen LogP contribution in [0.25, 0.3) is 0 Å². The summed E-state index contributed by atoms with van der Waals surface area (Å²) in [6.07, 6.45) is 9.05. The molecule has 0 N–H and O–H groups in total. The molecule has 1 aliphatic carbocycles. The predicted molar refractivity (Wildman–Crippen MR) is 114 cm³/mol. The second-order valence-corrected chi connectivity index (χ2v) is 9.36. The van der Waals surface area contributed by atoms with Crippen LogP contribution in [-0.2, 0) is 0 Å². The number of unbranched alkanes of at least 4 members (excludes halogenated alkanes) is 2. The highest BCUT2D eigenvalue weighted by Gasteiger charge is 2.43. The van der Waals surface area contributed by atoms with Crippen molar-refractivity contribution in [1.29, 1.82) is 0 Å². The number of hydrogen-bond acceptors (Lipinski definition) is 2. The summed E-state index contributed by atoms with van der Waals surface area (Å²) in [6.45, 7) is 8.98. The highest BCUT2D eigenvalue weighted by Crippen LogP contribution is 2.46. The van der Waals surface area contributed by atoms with Gasteiger partial charge in [0.15, 0.2) is 5.66 Å². The fourth-order valence-corrected chi connectivity index (χ4v) is 5.33. The van der Waals surface area contributed by atoms with Crippen LogP contribution in [0.2, 0.25) is 10.0 Å². The Balaban J connectivity index is 2.01. The number of hydrogen-bond donors (Lipinski definition) is 0. The fourth-order valence-electron chi connectivity index (χ4n) is 4.35. The van der Waals surface area contributed by atoms with Gasteiger partial charge >= 0.3 is 0 Å². The van der Waals surface area contributed by atoms with Gasteiger partial charge in [-0.25, -0.2) is 0 Å². The Morgan fingerprint density at radius 3 is 2.15 bits per heavy atom. The summed E-state index contributed by atoms with van der Waals surface area (Å²) in [5, 5.41) is 2.75. The van der Waals surface area contributed by atoms with E-state index < -0.39 is 5.66 Å². The molecule has 1 aliphatic heterocycles. The highest BCUT2D eigenvalue weighted by atomic mass is 79.9. The summed E-state index contributed by atoms with van der Waals surface area (Å²) >= 11 is 16.4. The average Bonchev–Trinajstić information content (AvgIpc) is 2.99. The first kappa shape index (κ1) is 20.4. The maximum atomic E-state index is 6.50. The summed E-state index contributed by atoms with van der Waals surface area (Å²) in [5.41, 5.74) is 0.992. The first-order valence-electron chi connectivity index (χ1n) is 9.72. The Hall–Kier alpha value is -0.380. The largest absolute Gasteiger partial charge is 0.252 e. The molecule has 0 amide bonds. The van der Waals surface area contributed by atoms with Gasteiger partial charge in [0.25, 0.3) is 0 Å². The highest BCUT2D eigenvalue weighted by molar-refractivity contribution is 9.10. The van der Waals surface area contributed by atoms with Gasteiger partial charge in [0, 0.05) is 4.47 Å². The van der Waals surface area contributed by atoms with Crippen LogP contribution in [0.15, 0.2) is 32.7 Å². The van der Waals surface area contributed by atoms with Crippen molar-refractivity contribution in [3.63, 3.8) is 0 Å². The van der Waals surface area contributed by atoms with Crippen LogP contribution in [-0.4, -0.2) is 5.66 Å². The molecule has 2 atom stereocenters. The Morgan fingerprint density at radius 1 is 1.08 bits per heavy atom. The van der Waals surface area contributed by atoms with Gasteiger partial charge in [0.1, 0.15) is 10.7 Å². The summed E-state index contributed by atoms with van der Waals surface area (Å²) in [5.74, 6) is 0.960. The van der Waals surface area contributed by atoms with Gasteiger partial charge in [0.2, 0.25) is 0 Å². The van der Waals surface area contributed by atoms with Crippen molar-refractivity contribution >= 4 is 39.1 Å². The molecule has 5 heteroatoms. The van der Waals surface area contributed by atoms with E-state index in [0.717, 1.165) is 28.0 Å². The molecule has 0 radical (unpaired) electrons. The Morgan fingerprint density at radius 2 is 1.62 bits per heavy atom. The molecule has 3 rings (SSSR count). The third-order valence-electron chi connectivity index (χ3n) is 5.77. The van der Waals surface area contributed by atoms with Crippen LogP contribution in [0, 0.1) is 11.8 Å². The molecular formula is C21H27BrCl2N2. The molecule has 2 nitrogen and oxygen atoms in total. The van der Waals surface area contributed by atoms with Crippen molar-refractivity contribution in [1.82, 2.24) is 0 Å². The number of rotatable bonds is 6. The minimum Gasteiger partial charge on any atom is -0.252 e. The van der Waals surface area contributed by atoms with Crippen LogP contribution in [0.4, 0.5) is 0 Å². The Labute approximate surface area is 174 Å². The third kappa shape index (κ3) is 3.91. The van der Waals surface area contributed by atoms with Crippen LogP contribution in [0.1, 0.15) is 65.2 Å². The smallest absolute Gasteiger partial charge is 0.152 e. The zero-order valence-corrected chi connectivity index (χ0v) is 18.7. The molecule has 0 saturated heterocycles. The van der Waals surface area contributed by atoms with E-state index in [-0.39, 0.29) is 0 Å². The van der Waals surface area contributed by atoms with Crippen molar-refractivity contribution in [3.8, 4) is 0 Å². The molecule has 1 aromatic rings. The van der Waals surface area contributed by atoms with Gasteiger partial charge in [-0.15, -0.1) is 0 Å². The van der Waals surface area contributed by atoms with Crippen molar-refractivity contribution in [2.45, 2.75) is 70.9 Å². The molecule has 1 saturated carbocycles. The zero-order valence-electron chi connectivity index (χ0n) is 15.6. The van der Waals surface area contributed by atoms with Crippen LogP contribution in [0.3, 0.4) is 0 Å². The minimum absolute atomic E-state index is 0.422. The average molecular weight is 458 g/mol. The molecule has 2 aliphatic rings. The molecule has 2 unspecified atom stereocenters. The number of nitrogens with zero attached hydrogens (tertiary/aromatic N) is 2. The zero-order chi connectivity index (χ0) is 18.9. The van der Waals surface area contributed by atoms with E-state index in [9.17, 15) is 0 Å². The lowest BCUT2D eigenvalue weighted by Crippen LogP contribution is -2.37. The quantitative estimate of drug-likeness (QED) is 0.336. The van der Waals surface area contributed by atoms with Gasteiger partial charge in [-0.2, -0.15) is 0 Å². The fraction of sp³-hybridized carbons (Fsp3) is 0.619. The summed E-state index contributed by atoms with van der Waals surface area (Å²) in [4.78, 5) is 10.1. The second-order valence-electron chi connectivity index (χ2n) is 7.72. The van der Waals surface area contributed by atoms with Crippen molar-refractivity contribution < 1.29 is 0 Å². The van der Waals surface area contributed by atoms with E-state index in [1.165, 1.54) is 44.1 Å². The normalized spacial score (nSPS) is 27.3. The Bertz CT molecular complexity index is 798. The number of benzene rings is 1. The lowest BCUT2D eigenvalue weighted by Gasteiger charge is -2.40. The van der Waals surface area contributed by atoms with Crippen molar-refractivity contribution in [3.05, 3.63) is 43.5 Å². The monoisotopic (exact) mass is 456 g/mol. The molecular weight excluding hydrogens is 431 g/mol. The molecule has 1 heterocycles. The van der Waals surface area contributed by atoms with Crippen LogP contribution in [0.5, 0.6) is 0 Å². The second kappa shape index (κ2) is 8.32. The topological polar surface area (TPSA) is 24.7 Å². The summed E-state index contributed by atoms with van der Waals surface area (Å²) in [7, 11) is 0. The molecule has 142 valence electrons. The van der Waals surface area contributed by atoms with E-state index >= 15 is 0 Å². The summed E-state index contributed by atoms with van der Waals surface area (Å²) in [6, 6.07) is 1.83.